The molecule has 1 saturated heterocycles. The Morgan fingerprint density at radius 3 is 2.77 bits per heavy atom. The Bertz CT molecular complexity index is 187. The topological polar surface area (TPSA) is 46.3 Å². The first-order chi connectivity index (χ1) is 6.11. The molecule has 1 aliphatic rings. The third-order valence-corrected chi connectivity index (χ3v) is 2.31. The van der Waals surface area contributed by atoms with Crippen molar-refractivity contribution in [2.75, 3.05) is 13.1 Å². The van der Waals surface area contributed by atoms with Gasteiger partial charge in [0.15, 0.2) is 0 Å². The predicted molar refractivity (Wildman–Crippen MR) is 44.4 cm³/mol. The summed E-state index contributed by atoms with van der Waals surface area (Å²) in [5, 5.41) is 0. The largest absolute Gasteiger partial charge is 0.369 e. The van der Waals surface area contributed by atoms with Gasteiger partial charge in [-0.25, -0.2) is 8.78 Å². The minimum absolute atomic E-state index is 0.0466. The van der Waals surface area contributed by atoms with Gasteiger partial charge in [-0.15, -0.1) is 0 Å². The standard InChI is InChI=1S/C8H14F2N2O/c9-8(10)6-3-1-2-4-12(6)5-7(11)13/h6,8H,1-5H2,(H2,11,13). The van der Waals surface area contributed by atoms with Crippen LogP contribution in [0.1, 0.15) is 19.3 Å². The number of alkyl halides is 2. The highest BCUT2D eigenvalue weighted by molar-refractivity contribution is 5.75. The maximum atomic E-state index is 12.4. The van der Waals surface area contributed by atoms with E-state index in [1.54, 1.807) is 0 Å². The summed E-state index contributed by atoms with van der Waals surface area (Å²) in [5.41, 5.74) is 4.96. The predicted octanol–water partition coefficient (Wildman–Crippen LogP) is 0.591. The normalized spacial score (nSPS) is 25.0. The molecule has 0 radical (unpaired) electrons. The molecule has 1 heterocycles. The first kappa shape index (κ1) is 10.4. The molecule has 13 heavy (non-hydrogen) atoms. The van der Waals surface area contributed by atoms with Crippen molar-refractivity contribution in [2.24, 2.45) is 5.73 Å². The Morgan fingerprint density at radius 1 is 1.54 bits per heavy atom. The molecule has 0 aromatic carbocycles. The Kier molecular flexibility index (Phi) is 3.59. The van der Waals surface area contributed by atoms with Crippen LogP contribution >= 0.6 is 0 Å². The van der Waals surface area contributed by atoms with Crippen molar-refractivity contribution in [3.63, 3.8) is 0 Å². The van der Waals surface area contributed by atoms with Crippen LogP contribution in [-0.2, 0) is 4.79 Å². The highest BCUT2D eigenvalue weighted by Crippen LogP contribution is 2.21. The molecule has 0 aromatic rings. The van der Waals surface area contributed by atoms with Gasteiger partial charge in [0, 0.05) is 0 Å². The van der Waals surface area contributed by atoms with Crippen LogP contribution in [0.5, 0.6) is 0 Å². The van der Waals surface area contributed by atoms with Gasteiger partial charge in [-0.05, 0) is 19.4 Å². The van der Waals surface area contributed by atoms with Crippen LogP contribution in [0.3, 0.4) is 0 Å². The number of hydrogen-bond acceptors (Lipinski definition) is 2. The van der Waals surface area contributed by atoms with Gasteiger partial charge >= 0.3 is 0 Å². The van der Waals surface area contributed by atoms with Gasteiger partial charge in [-0.3, -0.25) is 9.69 Å². The van der Waals surface area contributed by atoms with Gasteiger partial charge in [0.25, 0.3) is 6.43 Å². The maximum absolute atomic E-state index is 12.4. The van der Waals surface area contributed by atoms with E-state index >= 15 is 0 Å². The fourth-order valence-electron chi connectivity index (χ4n) is 1.70. The summed E-state index contributed by atoms with van der Waals surface area (Å²) in [6, 6.07) is -0.777. The van der Waals surface area contributed by atoms with Crippen molar-refractivity contribution in [1.29, 1.82) is 0 Å². The number of likely N-dealkylation sites (tertiary alicyclic amines) is 1. The smallest absolute Gasteiger partial charge is 0.253 e. The molecular weight excluding hydrogens is 178 g/mol. The summed E-state index contributed by atoms with van der Waals surface area (Å²) in [4.78, 5) is 12.1. The number of hydrogen-bond donors (Lipinski definition) is 1. The number of piperidine rings is 1. The molecule has 0 bridgehead atoms. The van der Waals surface area contributed by atoms with Gasteiger partial charge in [0.05, 0.1) is 12.6 Å². The van der Waals surface area contributed by atoms with E-state index in [0.717, 1.165) is 12.8 Å². The second-order valence-electron chi connectivity index (χ2n) is 3.33. The van der Waals surface area contributed by atoms with E-state index in [1.165, 1.54) is 4.90 Å². The van der Waals surface area contributed by atoms with Crippen LogP contribution in [0.15, 0.2) is 0 Å². The molecule has 2 N–H and O–H groups in total. The number of nitrogens with two attached hydrogens (primary N) is 1. The molecule has 5 heteroatoms. The molecule has 1 fully saturated rings. The summed E-state index contributed by atoms with van der Waals surface area (Å²) in [7, 11) is 0. The lowest BCUT2D eigenvalue weighted by molar-refractivity contribution is -0.121. The SMILES string of the molecule is NC(=O)CN1CCCCC1C(F)F. The summed E-state index contributed by atoms with van der Waals surface area (Å²) in [6.45, 7) is 0.507. The average molecular weight is 192 g/mol. The first-order valence-electron chi connectivity index (χ1n) is 4.42. The van der Waals surface area contributed by atoms with E-state index in [0.29, 0.717) is 13.0 Å². The van der Waals surface area contributed by atoms with E-state index in [4.69, 9.17) is 5.73 Å². The minimum Gasteiger partial charge on any atom is -0.369 e. The Labute approximate surface area is 75.9 Å². The first-order valence-corrected chi connectivity index (χ1v) is 4.42. The van der Waals surface area contributed by atoms with Gasteiger partial charge in [-0.2, -0.15) is 0 Å². The summed E-state index contributed by atoms with van der Waals surface area (Å²) >= 11 is 0. The fourth-order valence-corrected chi connectivity index (χ4v) is 1.70. The van der Waals surface area contributed by atoms with Gasteiger partial charge in [0.2, 0.25) is 5.91 Å². The van der Waals surface area contributed by atoms with Crippen LogP contribution < -0.4 is 5.73 Å². The fraction of sp³-hybridized carbons (Fsp3) is 0.875. The second-order valence-corrected chi connectivity index (χ2v) is 3.33. The van der Waals surface area contributed by atoms with Crippen LogP contribution in [-0.4, -0.2) is 36.4 Å². The zero-order valence-corrected chi connectivity index (χ0v) is 7.38. The number of amides is 1. The molecule has 1 aliphatic heterocycles. The third kappa shape index (κ3) is 2.91. The van der Waals surface area contributed by atoms with E-state index in [-0.39, 0.29) is 6.54 Å². The van der Waals surface area contributed by atoms with E-state index in [2.05, 4.69) is 0 Å². The number of halogens is 2. The van der Waals surface area contributed by atoms with E-state index in [9.17, 15) is 13.6 Å². The molecule has 1 atom stereocenters. The summed E-state index contributed by atoms with van der Waals surface area (Å²) in [6.07, 6.45) is -0.231. The lowest BCUT2D eigenvalue weighted by atomic mass is 10.0. The molecule has 0 aliphatic carbocycles. The number of primary amides is 1. The number of nitrogens with zero attached hydrogens (tertiary/aromatic N) is 1. The van der Waals surface area contributed by atoms with Crippen molar-refractivity contribution in [3.8, 4) is 0 Å². The number of rotatable bonds is 3. The zero-order chi connectivity index (χ0) is 9.84. The van der Waals surface area contributed by atoms with Crippen LogP contribution in [0.25, 0.3) is 0 Å². The summed E-state index contributed by atoms with van der Waals surface area (Å²) in [5.74, 6) is -0.535. The molecular formula is C8H14F2N2O. The van der Waals surface area contributed by atoms with Gasteiger partial charge in [-0.1, -0.05) is 6.42 Å². The van der Waals surface area contributed by atoms with Crippen LogP contribution in [0.2, 0.25) is 0 Å². The summed E-state index contributed by atoms with van der Waals surface area (Å²) < 4.78 is 24.9. The van der Waals surface area contributed by atoms with E-state index < -0.39 is 18.4 Å². The lowest BCUT2D eigenvalue weighted by Gasteiger charge is -2.33. The highest BCUT2D eigenvalue weighted by Gasteiger charge is 2.30. The molecule has 0 aromatic heterocycles. The number of carbonyl (C=O) groups excluding carboxylic acids is 1. The van der Waals surface area contributed by atoms with Crippen molar-refractivity contribution >= 4 is 5.91 Å². The second kappa shape index (κ2) is 4.50. The van der Waals surface area contributed by atoms with Crippen molar-refractivity contribution in [2.45, 2.75) is 31.7 Å². The highest BCUT2D eigenvalue weighted by atomic mass is 19.3. The van der Waals surface area contributed by atoms with Crippen LogP contribution in [0, 0.1) is 0 Å². The Balaban J connectivity index is 2.51. The minimum atomic E-state index is -2.38. The van der Waals surface area contributed by atoms with Crippen molar-refractivity contribution in [1.82, 2.24) is 4.90 Å². The molecule has 1 rings (SSSR count). The number of carbonyl (C=O) groups is 1. The van der Waals surface area contributed by atoms with Crippen molar-refractivity contribution in [3.05, 3.63) is 0 Å². The maximum Gasteiger partial charge on any atom is 0.253 e. The Hall–Kier alpha value is -0.710. The van der Waals surface area contributed by atoms with E-state index in [1.807, 2.05) is 0 Å². The molecule has 76 valence electrons. The van der Waals surface area contributed by atoms with Crippen molar-refractivity contribution < 1.29 is 13.6 Å². The molecule has 3 nitrogen and oxygen atoms in total. The monoisotopic (exact) mass is 192 g/mol. The molecule has 1 unspecified atom stereocenters. The lowest BCUT2D eigenvalue weighted by Crippen LogP contribution is -2.47. The average Bonchev–Trinajstić information content (AvgIpc) is 2.03. The third-order valence-electron chi connectivity index (χ3n) is 2.31. The van der Waals surface area contributed by atoms with Crippen LogP contribution in [0.4, 0.5) is 8.78 Å². The van der Waals surface area contributed by atoms with Gasteiger partial charge < -0.3 is 5.73 Å². The molecule has 1 amide bonds. The molecule has 0 saturated carbocycles. The zero-order valence-electron chi connectivity index (χ0n) is 7.38. The molecule has 0 spiro atoms. The Morgan fingerprint density at radius 2 is 2.23 bits per heavy atom. The van der Waals surface area contributed by atoms with Gasteiger partial charge in [0.1, 0.15) is 0 Å². The quantitative estimate of drug-likeness (QED) is 0.711.